The zero-order chi connectivity index (χ0) is 16.2. The SMILES string of the molecule is CCCCO.NC(=O)C1CC(CCc2ccccc2)CCN1. The second-order valence-electron chi connectivity index (χ2n) is 5.90. The van der Waals surface area contributed by atoms with Gasteiger partial charge in [0, 0.05) is 6.61 Å². The number of piperidine rings is 1. The molecule has 1 aliphatic heterocycles. The third-order valence-corrected chi connectivity index (χ3v) is 4.05. The number of benzene rings is 1. The van der Waals surface area contributed by atoms with Gasteiger partial charge in [-0.25, -0.2) is 0 Å². The molecule has 1 heterocycles. The summed E-state index contributed by atoms with van der Waals surface area (Å²) in [6.45, 7) is 3.31. The van der Waals surface area contributed by atoms with Crippen LogP contribution in [-0.2, 0) is 11.2 Å². The Balaban J connectivity index is 0.000000422. The lowest BCUT2D eigenvalue weighted by molar-refractivity contribution is -0.120. The summed E-state index contributed by atoms with van der Waals surface area (Å²) in [5.74, 6) is 0.406. The molecular formula is C18H30N2O2. The summed E-state index contributed by atoms with van der Waals surface area (Å²) in [6.07, 6.45) is 6.32. The van der Waals surface area contributed by atoms with Crippen molar-refractivity contribution in [2.45, 2.75) is 51.5 Å². The second-order valence-corrected chi connectivity index (χ2v) is 5.90. The van der Waals surface area contributed by atoms with Crippen LogP contribution in [0.4, 0.5) is 0 Å². The molecule has 4 N–H and O–H groups in total. The van der Waals surface area contributed by atoms with Gasteiger partial charge in [0.2, 0.25) is 5.91 Å². The van der Waals surface area contributed by atoms with E-state index >= 15 is 0 Å². The first-order chi connectivity index (χ1) is 10.7. The summed E-state index contributed by atoms with van der Waals surface area (Å²) in [5, 5.41) is 11.2. The van der Waals surface area contributed by atoms with E-state index in [4.69, 9.17) is 10.8 Å². The van der Waals surface area contributed by atoms with Crippen molar-refractivity contribution in [3.8, 4) is 0 Å². The Morgan fingerprint density at radius 3 is 2.64 bits per heavy atom. The Labute approximate surface area is 134 Å². The molecule has 22 heavy (non-hydrogen) atoms. The summed E-state index contributed by atoms with van der Waals surface area (Å²) >= 11 is 0. The maximum absolute atomic E-state index is 11.1. The highest BCUT2D eigenvalue weighted by Gasteiger charge is 2.24. The third-order valence-electron chi connectivity index (χ3n) is 4.05. The number of amides is 1. The van der Waals surface area contributed by atoms with Crippen LogP contribution in [0.3, 0.4) is 0 Å². The van der Waals surface area contributed by atoms with Gasteiger partial charge < -0.3 is 16.2 Å². The molecule has 0 aliphatic carbocycles. The predicted octanol–water partition coefficient (Wildman–Crippen LogP) is 2.25. The van der Waals surface area contributed by atoms with Gasteiger partial charge in [-0.1, -0.05) is 43.7 Å². The maximum Gasteiger partial charge on any atom is 0.234 e. The fourth-order valence-corrected chi connectivity index (χ4v) is 2.65. The molecule has 1 aliphatic rings. The minimum atomic E-state index is -0.214. The average Bonchev–Trinajstić information content (AvgIpc) is 2.55. The highest BCUT2D eigenvalue weighted by molar-refractivity contribution is 5.79. The zero-order valence-corrected chi connectivity index (χ0v) is 13.6. The lowest BCUT2D eigenvalue weighted by Crippen LogP contribution is -2.46. The van der Waals surface area contributed by atoms with Gasteiger partial charge in [-0.2, -0.15) is 0 Å². The van der Waals surface area contributed by atoms with Gasteiger partial charge in [0.05, 0.1) is 6.04 Å². The summed E-state index contributed by atoms with van der Waals surface area (Å²) in [7, 11) is 0. The molecule has 0 aromatic heterocycles. The van der Waals surface area contributed by atoms with E-state index < -0.39 is 0 Å². The lowest BCUT2D eigenvalue weighted by Gasteiger charge is -2.28. The summed E-state index contributed by atoms with van der Waals surface area (Å²) < 4.78 is 0. The smallest absolute Gasteiger partial charge is 0.234 e. The number of rotatable bonds is 6. The highest BCUT2D eigenvalue weighted by atomic mass is 16.2. The van der Waals surface area contributed by atoms with Crippen molar-refractivity contribution in [2.24, 2.45) is 11.7 Å². The molecule has 2 atom stereocenters. The van der Waals surface area contributed by atoms with E-state index in [1.165, 1.54) is 5.56 Å². The highest BCUT2D eigenvalue weighted by Crippen LogP contribution is 2.21. The number of nitrogens with one attached hydrogen (secondary N) is 1. The number of aliphatic hydroxyl groups is 1. The molecule has 1 saturated heterocycles. The molecule has 124 valence electrons. The average molecular weight is 306 g/mol. The van der Waals surface area contributed by atoms with E-state index in [0.717, 1.165) is 45.1 Å². The number of hydrogen-bond donors (Lipinski definition) is 3. The van der Waals surface area contributed by atoms with E-state index in [0.29, 0.717) is 12.5 Å². The Hall–Kier alpha value is -1.39. The van der Waals surface area contributed by atoms with Crippen LogP contribution in [0.2, 0.25) is 0 Å². The molecule has 0 saturated carbocycles. The number of nitrogens with two attached hydrogens (primary N) is 1. The Morgan fingerprint density at radius 1 is 1.36 bits per heavy atom. The van der Waals surface area contributed by atoms with Crippen LogP contribution in [0.15, 0.2) is 30.3 Å². The van der Waals surface area contributed by atoms with Crippen LogP contribution in [-0.4, -0.2) is 30.2 Å². The van der Waals surface area contributed by atoms with Crippen molar-refractivity contribution >= 4 is 5.91 Å². The van der Waals surface area contributed by atoms with Crippen molar-refractivity contribution < 1.29 is 9.90 Å². The molecule has 1 aromatic carbocycles. The second kappa shape index (κ2) is 11.2. The summed E-state index contributed by atoms with van der Waals surface area (Å²) in [4.78, 5) is 11.1. The van der Waals surface area contributed by atoms with Crippen LogP contribution in [0.1, 0.15) is 44.6 Å². The first-order valence-electron chi connectivity index (χ1n) is 8.34. The standard InChI is InChI=1S/C14H20N2O.C4H10O/c15-14(17)13-10-12(8-9-16-13)7-6-11-4-2-1-3-5-11;1-2-3-4-5/h1-5,12-13,16H,6-10H2,(H2,15,17);5H,2-4H2,1H3. The van der Waals surface area contributed by atoms with Gasteiger partial charge in [0.1, 0.15) is 0 Å². The number of aliphatic hydroxyl groups excluding tert-OH is 1. The molecule has 1 aromatic rings. The minimum absolute atomic E-state index is 0.121. The molecular weight excluding hydrogens is 276 g/mol. The molecule has 0 bridgehead atoms. The van der Waals surface area contributed by atoms with Gasteiger partial charge >= 0.3 is 0 Å². The van der Waals surface area contributed by atoms with Gasteiger partial charge in [0.15, 0.2) is 0 Å². The number of carbonyl (C=O) groups excluding carboxylic acids is 1. The van der Waals surface area contributed by atoms with Crippen LogP contribution in [0.5, 0.6) is 0 Å². The monoisotopic (exact) mass is 306 g/mol. The number of unbranched alkanes of at least 4 members (excludes halogenated alkanes) is 1. The van der Waals surface area contributed by atoms with Crippen molar-refractivity contribution in [3.05, 3.63) is 35.9 Å². The third kappa shape index (κ3) is 7.57. The lowest BCUT2D eigenvalue weighted by atomic mass is 9.87. The van der Waals surface area contributed by atoms with Crippen molar-refractivity contribution in [1.82, 2.24) is 5.32 Å². The molecule has 1 amide bonds. The van der Waals surface area contributed by atoms with Gasteiger partial charge in [-0.3, -0.25) is 4.79 Å². The molecule has 2 rings (SSSR count). The van der Waals surface area contributed by atoms with Crippen molar-refractivity contribution in [2.75, 3.05) is 13.2 Å². The Morgan fingerprint density at radius 2 is 2.09 bits per heavy atom. The molecule has 0 spiro atoms. The summed E-state index contributed by atoms with van der Waals surface area (Å²) in [6, 6.07) is 10.4. The van der Waals surface area contributed by atoms with E-state index in [9.17, 15) is 4.79 Å². The largest absolute Gasteiger partial charge is 0.396 e. The fraction of sp³-hybridized carbons (Fsp3) is 0.611. The molecule has 4 nitrogen and oxygen atoms in total. The first-order valence-corrected chi connectivity index (χ1v) is 8.34. The number of primary amides is 1. The Bertz CT molecular complexity index is 407. The van der Waals surface area contributed by atoms with Crippen molar-refractivity contribution in [3.63, 3.8) is 0 Å². The van der Waals surface area contributed by atoms with Gasteiger partial charge in [-0.05, 0) is 50.1 Å². The molecule has 2 unspecified atom stereocenters. The number of hydrogen-bond acceptors (Lipinski definition) is 3. The molecule has 4 heteroatoms. The van der Waals surface area contributed by atoms with E-state index in [2.05, 4.69) is 36.5 Å². The van der Waals surface area contributed by atoms with Gasteiger partial charge in [-0.15, -0.1) is 0 Å². The fourth-order valence-electron chi connectivity index (χ4n) is 2.65. The quantitative estimate of drug-likeness (QED) is 0.754. The first kappa shape index (κ1) is 18.7. The predicted molar refractivity (Wildman–Crippen MR) is 90.5 cm³/mol. The van der Waals surface area contributed by atoms with Crippen LogP contribution in [0.25, 0.3) is 0 Å². The topological polar surface area (TPSA) is 75.3 Å². The van der Waals surface area contributed by atoms with Crippen LogP contribution < -0.4 is 11.1 Å². The number of carbonyl (C=O) groups is 1. The van der Waals surface area contributed by atoms with E-state index in [1.54, 1.807) is 0 Å². The van der Waals surface area contributed by atoms with Crippen LogP contribution in [0, 0.1) is 5.92 Å². The Kier molecular flexibility index (Phi) is 9.51. The zero-order valence-electron chi connectivity index (χ0n) is 13.6. The minimum Gasteiger partial charge on any atom is -0.396 e. The molecule has 1 fully saturated rings. The van der Waals surface area contributed by atoms with E-state index in [-0.39, 0.29) is 11.9 Å². The number of aryl methyl sites for hydroxylation is 1. The summed E-state index contributed by atoms with van der Waals surface area (Å²) in [5.41, 5.74) is 6.71. The van der Waals surface area contributed by atoms with Crippen LogP contribution >= 0.6 is 0 Å². The van der Waals surface area contributed by atoms with Crippen molar-refractivity contribution in [1.29, 1.82) is 0 Å². The van der Waals surface area contributed by atoms with Gasteiger partial charge in [0.25, 0.3) is 0 Å². The van der Waals surface area contributed by atoms with E-state index in [1.807, 2.05) is 6.07 Å². The molecule has 0 radical (unpaired) electrons. The normalized spacial score (nSPS) is 20.8. The maximum atomic E-state index is 11.1.